The smallest absolute Gasteiger partial charge is 0.272 e. The highest BCUT2D eigenvalue weighted by Gasteiger charge is 2.22. The normalized spacial score (nSPS) is 17.3. The first-order valence-electron chi connectivity index (χ1n) is 9.11. The van der Waals surface area contributed by atoms with Crippen molar-refractivity contribution >= 4 is 5.91 Å². The quantitative estimate of drug-likeness (QED) is 0.780. The summed E-state index contributed by atoms with van der Waals surface area (Å²) in [5.74, 6) is 0.734. The topological polar surface area (TPSA) is 79.0 Å². The van der Waals surface area contributed by atoms with Gasteiger partial charge in [0, 0.05) is 42.9 Å². The molecule has 1 fully saturated rings. The van der Waals surface area contributed by atoms with Crippen LogP contribution in [0.1, 0.15) is 53.0 Å². The van der Waals surface area contributed by atoms with Gasteiger partial charge in [0.25, 0.3) is 5.91 Å². The molecule has 2 aliphatic rings. The molecule has 1 amide bonds. The molecule has 0 bridgehead atoms. The molecule has 1 aromatic carbocycles. The number of benzene rings is 1. The third-order valence-electron chi connectivity index (χ3n) is 5.03. The molecule has 6 heteroatoms. The van der Waals surface area contributed by atoms with Crippen molar-refractivity contribution in [3.05, 3.63) is 46.8 Å². The highest BCUT2D eigenvalue weighted by atomic mass is 16.5. The minimum atomic E-state index is -0.142. The molecule has 0 unspecified atom stereocenters. The number of carbonyl (C=O) groups is 1. The van der Waals surface area contributed by atoms with E-state index in [0.29, 0.717) is 24.9 Å². The van der Waals surface area contributed by atoms with Crippen molar-refractivity contribution in [2.45, 2.75) is 51.3 Å². The van der Waals surface area contributed by atoms with Gasteiger partial charge in [-0.15, -0.1) is 0 Å². The lowest BCUT2D eigenvalue weighted by molar-refractivity contribution is 0.0944. The van der Waals surface area contributed by atoms with Gasteiger partial charge in [-0.25, -0.2) is 0 Å². The first-order valence-corrected chi connectivity index (χ1v) is 9.11. The van der Waals surface area contributed by atoms with Gasteiger partial charge in [0.2, 0.25) is 0 Å². The minimum Gasteiger partial charge on any atom is -0.490 e. The minimum absolute atomic E-state index is 0.142. The van der Waals surface area contributed by atoms with Gasteiger partial charge in [-0.3, -0.25) is 9.89 Å². The van der Waals surface area contributed by atoms with Crippen molar-refractivity contribution in [3.63, 3.8) is 0 Å². The van der Waals surface area contributed by atoms with E-state index in [-0.39, 0.29) is 5.91 Å². The summed E-state index contributed by atoms with van der Waals surface area (Å²) in [6.45, 7) is 2.05. The number of hydrogen-bond donors (Lipinski definition) is 3. The van der Waals surface area contributed by atoms with Crippen LogP contribution in [0.15, 0.2) is 24.3 Å². The van der Waals surface area contributed by atoms with E-state index in [4.69, 9.17) is 4.74 Å². The van der Waals surface area contributed by atoms with E-state index in [9.17, 15) is 4.79 Å². The summed E-state index contributed by atoms with van der Waals surface area (Å²) >= 11 is 0. The van der Waals surface area contributed by atoms with Crippen LogP contribution in [0.2, 0.25) is 0 Å². The largest absolute Gasteiger partial charge is 0.490 e. The number of amides is 1. The lowest BCUT2D eigenvalue weighted by atomic mass is 10.1. The van der Waals surface area contributed by atoms with Crippen molar-refractivity contribution in [3.8, 4) is 5.75 Å². The maximum Gasteiger partial charge on any atom is 0.272 e. The number of nitrogens with zero attached hydrogens (tertiary/aromatic N) is 1. The van der Waals surface area contributed by atoms with E-state index in [1.807, 2.05) is 24.3 Å². The number of carbonyl (C=O) groups excluding carboxylic acids is 1. The van der Waals surface area contributed by atoms with Gasteiger partial charge in [-0.05, 0) is 31.7 Å². The fourth-order valence-corrected chi connectivity index (χ4v) is 3.62. The highest BCUT2D eigenvalue weighted by molar-refractivity contribution is 5.94. The van der Waals surface area contributed by atoms with Crippen molar-refractivity contribution in [1.82, 2.24) is 20.8 Å². The maximum absolute atomic E-state index is 12.5. The number of hydrogen-bond acceptors (Lipinski definition) is 4. The number of nitrogens with one attached hydrogen (secondary N) is 3. The van der Waals surface area contributed by atoms with Gasteiger partial charge in [0.1, 0.15) is 5.75 Å². The summed E-state index contributed by atoms with van der Waals surface area (Å²) in [6, 6.07) is 7.95. The van der Waals surface area contributed by atoms with Crippen LogP contribution in [0.3, 0.4) is 0 Å². The molecule has 0 radical (unpaired) electrons. The van der Waals surface area contributed by atoms with Gasteiger partial charge < -0.3 is 15.4 Å². The zero-order chi connectivity index (χ0) is 17.1. The first-order chi connectivity index (χ1) is 12.3. The zero-order valence-electron chi connectivity index (χ0n) is 14.3. The predicted molar refractivity (Wildman–Crippen MR) is 94.5 cm³/mol. The Morgan fingerprint density at radius 1 is 1.28 bits per heavy atom. The Morgan fingerprint density at radius 2 is 2.12 bits per heavy atom. The Morgan fingerprint density at radius 3 is 3.00 bits per heavy atom. The molecule has 1 aromatic heterocycles. The fourth-order valence-electron chi connectivity index (χ4n) is 3.62. The number of H-pyrrole nitrogens is 1. The van der Waals surface area contributed by atoms with Crippen LogP contribution in [0.25, 0.3) is 0 Å². The van der Waals surface area contributed by atoms with E-state index in [1.165, 1.54) is 12.8 Å². The third-order valence-corrected chi connectivity index (χ3v) is 5.03. The van der Waals surface area contributed by atoms with Gasteiger partial charge in [-0.2, -0.15) is 5.10 Å². The Balaban J connectivity index is 1.42. The Kier molecular flexibility index (Phi) is 4.70. The molecule has 0 saturated heterocycles. The number of para-hydroxylation sites is 1. The van der Waals surface area contributed by atoms with Crippen molar-refractivity contribution in [2.75, 3.05) is 6.54 Å². The van der Waals surface area contributed by atoms with Crippen LogP contribution >= 0.6 is 0 Å². The third kappa shape index (κ3) is 3.54. The average Bonchev–Trinajstić information content (AvgIpc) is 3.30. The molecular formula is C19H24N4O2. The summed E-state index contributed by atoms with van der Waals surface area (Å²) in [5, 5.41) is 13.5. The van der Waals surface area contributed by atoms with Crippen molar-refractivity contribution in [1.29, 1.82) is 0 Å². The van der Waals surface area contributed by atoms with Crippen LogP contribution in [0, 0.1) is 0 Å². The second-order valence-electron chi connectivity index (χ2n) is 6.77. The number of aromatic nitrogens is 2. The zero-order valence-corrected chi connectivity index (χ0v) is 14.3. The lowest BCUT2D eigenvalue weighted by Gasteiger charge is -2.17. The molecule has 6 nitrogen and oxygen atoms in total. The molecule has 2 aromatic rings. The number of ether oxygens (including phenoxy) is 1. The first kappa shape index (κ1) is 16.1. The maximum atomic E-state index is 12.5. The second kappa shape index (κ2) is 7.27. The Labute approximate surface area is 147 Å². The summed E-state index contributed by atoms with van der Waals surface area (Å²) in [6.07, 6.45) is 5.90. The molecule has 0 atom stereocenters. The fraction of sp³-hybridized carbons (Fsp3) is 0.474. The van der Waals surface area contributed by atoms with Crippen LogP contribution in [0.4, 0.5) is 0 Å². The molecule has 1 aliphatic heterocycles. The monoisotopic (exact) mass is 340 g/mol. The summed E-state index contributed by atoms with van der Waals surface area (Å²) in [4.78, 5) is 12.5. The molecule has 0 spiro atoms. The average molecular weight is 340 g/mol. The van der Waals surface area contributed by atoms with Gasteiger partial charge >= 0.3 is 0 Å². The van der Waals surface area contributed by atoms with Crippen LogP contribution in [0.5, 0.6) is 5.75 Å². The van der Waals surface area contributed by atoms with E-state index < -0.39 is 0 Å². The molecule has 4 rings (SSSR count). The molecular weight excluding hydrogens is 316 g/mol. The van der Waals surface area contributed by atoms with Crippen LogP contribution < -0.4 is 15.4 Å². The van der Waals surface area contributed by atoms with Crippen molar-refractivity contribution in [2.24, 2.45) is 0 Å². The number of aromatic amines is 1. The molecule has 1 saturated carbocycles. The van der Waals surface area contributed by atoms with Gasteiger partial charge in [0.05, 0.1) is 6.10 Å². The van der Waals surface area contributed by atoms with Crippen LogP contribution in [-0.4, -0.2) is 28.8 Å². The predicted octanol–water partition coefficient (Wildman–Crippen LogP) is 2.31. The van der Waals surface area contributed by atoms with Gasteiger partial charge in [0.15, 0.2) is 5.69 Å². The lowest BCUT2D eigenvalue weighted by Crippen LogP contribution is -2.28. The van der Waals surface area contributed by atoms with Gasteiger partial charge in [-0.1, -0.05) is 18.2 Å². The highest BCUT2D eigenvalue weighted by Crippen LogP contribution is 2.26. The summed E-state index contributed by atoms with van der Waals surface area (Å²) < 4.78 is 6.14. The molecule has 132 valence electrons. The number of rotatable bonds is 5. The van der Waals surface area contributed by atoms with Crippen molar-refractivity contribution < 1.29 is 9.53 Å². The van der Waals surface area contributed by atoms with Crippen LogP contribution in [-0.2, 0) is 19.5 Å². The summed E-state index contributed by atoms with van der Waals surface area (Å²) in [7, 11) is 0. The molecule has 3 N–H and O–H groups in total. The second-order valence-corrected chi connectivity index (χ2v) is 6.77. The van der Waals surface area contributed by atoms with E-state index in [1.54, 1.807) is 0 Å². The SMILES string of the molecule is O=C(NCc1ccccc1OC1CCCC1)c1n[nH]c2c1CNCC2. The standard InChI is InChI=1S/C19H24N4O2/c24-19(18-15-12-20-10-9-16(15)22-23-18)21-11-13-5-1-4-8-17(13)25-14-6-2-3-7-14/h1,4-5,8,14,20H,2-3,6-7,9-12H2,(H,21,24)(H,22,23). The van der Waals surface area contributed by atoms with E-state index in [0.717, 1.165) is 48.4 Å². The molecule has 25 heavy (non-hydrogen) atoms. The Bertz CT molecular complexity index is 750. The molecule has 2 heterocycles. The summed E-state index contributed by atoms with van der Waals surface area (Å²) in [5.41, 5.74) is 3.55. The van der Waals surface area contributed by atoms with E-state index in [2.05, 4.69) is 20.8 Å². The Hall–Kier alpha value is -2.34. The van der Waals surface area contributed by atoms with E-state index >= 15 is 0 Å². The molecule has 1 aliphatic carbocycles. The number of fused-ring (bicyclic) bond motifs is 1.